The van der Waals surface area contributed by atoms with Gasteiger partial charge in [-0.05, 0) is 17.7 Å². The van der Waals surface area contributed by atoms with Crippen molar-refractivity contribution in [1.82, 2.24) is 15.1 Å². The van der Waals surface area contributed by atoms with Gasteiger partial charge in [-0.1, -0.05) is 24.3 Å². The molecule has 0 aliphatic carbocycles. The van der Waals surface area contributed by atoms with Crippen LogP contribution in [0.2, 0.25) is 0 Å². The second-order valence-electron chi connectivity index (χ2n) is 5.54. The molecule has 7 heteroatoms. The van der Waals surface area contributed by atoms with Gasteiger partial charge in [0.05, 0.1) is 0 Å². The Labute approximate surface area is 148 Å². The summed E-state index contributed by atoms with van der Waals surface area (Å²) in [5, 5.41) is 3.16. The van der Waals surface area contributed by atoms with Crippen LogP contribution in [-0.2, 0) is 11.3 Å². The van der Waals surface area contributed by atoms with Gasteiger partial charge in [0.25, 0.3) is 0 Å². The van der Waals surface area contributed by atoms with Crippen molar-refractivity contribution in [2.24, 2.45) is 0 Å². The lowest BCUT2D eigenvalue weighted by atomic mass is 10.2. The molecule has 2 aliphatic rings. The first kappa shape index (κ1) is 19.9. The molecule has 0 spiro atoms. The first-order valence-electron chi connectivity index (χ1n) is 7.38. The number of amides is 1. The van der Waals surface area contributed by atoms with Crippen LogP contribution in [0.4, 0.5) is 4.39 Å². The van der Waals surface area contributed by atoms with E-state index in [2.05, 4.69) is 10.2 Å². The number of carbonyl (C=O) groups is 1. The third-order valence-corrected chi connectivity index (χ3v) is 4.05. The van der Waals surface area contributed by atoms with Crippen molar-refractivity contribution in [3.8, 4) is 0 Å². The Morgan fingerprint density at radius 2 is 1.78 bits per heavy atom. The van der Waals surface area contributed by atoms with Gasteiger partial charge in [-0.15, -0.1) is 24.8 Å². The molecule has 0 aromatic heterocycles. The number of halogens is 3. The number of nitrogens with zero attached hydrogens (tertiary/aromatic N) is 2. The average molecular weight is 362 g/mol. The highest BCUT2D eigenvalue weighted by Crippen LogP contribution is 2.11. The largest absolute Gasteiger partial charge is 0.338 e. The van der Waals surface area contributed by atoms with E-state index in [1.165, 1.54) is 12.1 Å². The number of piperazine rings is 1. The van der Waals surface area contributed by atoms with Crippen molar-refractivity contribution in [3.63, 3.8) is 0 Å². The molecule has 1 N–H and O–H groups in total. The lowest BCUT2D eigenvalue weighted by Crippen LogP contribution is -2.52. The SMILES string of the molecule is Cl.Cl.O=C(C1C=CCN1)N1CCN(Cc2ccc(F)cc2)CC1. The van der Waals surface area contributed by atoms with Crippen LogP contribution in [0.15, 0.2) is 36.4 Å². The fourth-order valence-corrected chi connectivity index (χ4v) is 2.81. The van der Waals surface area contributed by atoms with Gasteiger partial charge in [0, 0.05) is 39.3 Å². The van der Waals surface area contributed by atoms with Crippen LogP contribution in [0.25, 0.3) is 0 Å². The Morgan fingerprint density at radius 1 is 1.13 bits per heavy atom. The monoisotopic (exact) mass is 361 g/mol. The Morgan fingerprint density at radius 3 is 2.35 bits per heavy atom. The number of hydrogen-bond acceptors (Lipinski definition) is 3. The summed E-state index contributed by atoms with van der Waals surface area (Å²) in [4.78, 5) is 16.5. The smallest absolute Gasteiger partial charge is 0.243 e. The van der Waals surface area contributed by atoms with E-state index >= 15 is 0 Å². The normalized spacial score (nSPS) is 20.7. The highest BCUT2D eigenvalue weighted by atomic mass is 35.5. The van der Waals surface area contributed by atoms with Gasteiger partial charge in [0.2, 0.25) is 5.91 Å². The van der Waals surface area contributed by atoms with Crippen molar-refractivity contribution < 1.29 is 9.18 Å². The van der Waals surface area contributed by atoms with Crippen molar-refractivity contribution in [2.45, 2.75) is 12.6 Å². The maximum Gasteiger partial charge on any atom is 0.243 e. The zero-order valence-corrected chi connectivity index (χ0v) is 14.4. The van der Waals surface area contributed by atoms with E-state index in [4.69, 9.17) is 0 Å². The van der Waals surface area contributed by atoms with Crippen molar-refractivity contribution in [2.75, 3.05) is 32.7 Å². The summed E-state index contributed by atoms with van der Waals surface area (Å²) in [6.45, 7) is 4.82. The van der Waals surface area contributed by atoms with E-state index in [1.807, 2.05) is 29.2 Å². The van der Waals surface area contributed by atoms with Crippen LogP contribution in [0.5, 0.6) is 0 Å². The zero-order valence-electron chi connectivity index (χ0n) is 12.8. The number of carbonyl (C=O) groups excluding carboxylic acids is 1. The van der Waals surface area contributed by atoms with Crippen LogP contribution in [0, 0.1) is 5.82 Å². The Hall–Kier alpha value is -1.14. The first-order valence-corrected chi connectivity index (χ1v) is 7.38. The molecular weight excluding hydrogens is 340 g/mol. The van der Waals surface area contributed by atoms with E-state index in [1.54, 1.807) is 0 Å². The van der Waals surface area contributed by atoms with Gasteiger partial charge in [-0.25, -0.2) is 4.39 Å². The van der Waals surface area contributed by atoms with Crippen LogP contribution >= 0.6 is 24.8 Å². The maximum atomic E-state index is 12.9. The summed E-state index contributed by atoms with van der Waals surface area (Å²) in [6, 6.07) is 6.48. The van der Waals surface area contributed by atoms with E-state index in [0.717, 1.165) is 44.8 Å². The van der Waals surface area contributed by atoms with E-state index < -0.39 is 0 Å². The summed E-state index contributed by atoms with van der Waals surface area (Å²) in [6.07, 6.45) is 3.93. The molecule has 3 rings (SSSR count). The molecule has 0 bridgehead atoms. The summed E-state index contributed by atoms with van der Waals surface area (Å²) in [5.41, 5.74) is 1.11. The second-order valence-corrected chi connectivity index (χ2v) is 5.54. The minimum Gasteiger partial charge on any atom is -0.338 e. The molecule has 2 heterocycles. The predicted octanol–water partition coefficient (Wildman–Crippen LogP) is 1.84. The molecule has 23 heavy (non-hydrogen) atoms. The number of benzene rings is 1. The number of hydrogen-bond donors (Lipinski definition) is 1. The molecule has 1 atom stereocenters. The lowest BCUT2D eigenvalue weighted by Gasteiger charge is -2.35. The summed E-state index contributed by atoms with van der Waals surface area (Å²) < 4.78 is 12.9. The van der Waals surface area contributed by atoms with Gasteiger partial charge in [0.1, 0.15) is 11.9 Å². The second kappa shape index (κ2) is 9.23. The van der Waals surface area contributed by atoms with Crippen molar-refractivity contribution in [3.05, 3.63) is 47.8 Å². The van der Waals surface area contributed by atoms with E-state index in [-0.39, 0.29) is 42.6 Å². The lowest BCUT2D eigenvalue weighted by molar-refractivity contribution is -0.133. The molecular formula is C16H22Cl2FN3O. The van der Waals surface area contributed by atoms with Crippen LogP contribution in [-0.4, -0.2) is 54.5 Å². The van der Waals surface area contributed by atoms with Gasteiger partial charge in [0.15, 0.2) is 0 Å². The van der Waals surface area contributed by atoms with Crippen LogP contribution in [0.1, 0.15) is 5.56 Å². The minimum atomic E-state index is -0.203. The summed E-state index contributed by atoms with van der Waals surface area (Å²) >= 11 is 0. The van der Waals surface area contributed by atoms with Gasteiger partial charge in [-0.3, -0.25) is 15.0 Å². The van der Waals surface area contributed by atoms with Crippen LogP contribution < -0.4 is 5.32 Å². The van der Waals surface area contributed by atoms with Crippen molar-refractivity contribution in [1.29, 1.82) is 0 Å². The van der Waals surface area contributed by atoms with E-state index in [9.17, 15) is 9.18 Å². The Bertz CT molecular complexity index is 531. The van der Waals surface area contributed by atoms with Gasteiger partial charge in [-0.2, -0.15) is 0 Å². The molecule has 1 unspecified atom stereocenters. The fourth-order valence-electron chi connectivity index (χ4n) is 2.81. The summed E-state index contributed by atoms with van der Waals surface area (Å²) in [5.74, 6) is -0.0310. The number of rotatable bonds is 3. The molecule has 4 nitrogen and oxygen atoms in total. The molecule has 1 fully saturated rings. The minimum absolute atomic E-state index is 0. The molecule has 1 amide bonds. The quantitative estimate of drug-likeness (QED) is 0.834. The zero-order chi connectivity index (χ0) is 14.7. The van der Waals surface area contributed by atoms with Gasteiger partial charge >= 0.3 is 0 Å². The molecule has 0 radical (unpaired) electrons. The van der Waals surface area contributed by atoms with E-state index in [0.29, 0.717) is 0 Å². The molecule has 1 saturated heterocycles. The fraction of sp³-hybridized carbons (Fsp3) is 0.438. The highest BCUT2D eigenvalue weighted by Gasteiger charge is 2.26. The van der Waals surface area contributed by atoms with Crippen LogP contribution in [0.3, 0.4) is 0 Å². The van der Waals surface area contributed by atoms with Crippen molar-refractivity contribution >= 4 is 30.7 Å². The molecule has 1 aromatic rings. The molecule has 1 aromatic carbocycles. The highest BCUT2D eigenvalue weighted by molar-refractivity contribution is 5.85. The molecule has 0 saturated carbocycles. The van der Waals surface area contributed by atoms with Gasteiger partial charge < -0.3 is 4.90 Å². The topological polar surface area (TPSA) is 35.6 Å². The molecule has 2 aliphatic heterocycles. The first-order chi connectivity index (χ1) is 10.2. The predicted molar refractivity (Wildman–Crippen MR) is 93.7 cm³/mol. The third-order valence-electron chi connectivity index (χ3n) is 4.05. The molecule has 128 valence electrons. The number of nitrogens with one attached hydrogen (secondary N) is 1. The third kappa shape index (κ3) is 5.18. The maximum absolute atomic E-state index is 12.9. The standard InChI is InChI=1S/C16H20FN3O.2ClH/c17-14-5-3-13(4-6-14)12-19-8-10-20(11-9-19)16(21)15-2-1-7-18-15;;/h1-6,15,18H,7-12H2;2*1H. The Balaban J connectivity index is 0.00000132. The Kier molecular flexibility index (Phi) is 7.99. The summed E-state index contributed by atoms with van der Waals surface area (Å²) in [7, 11) is 0. The average Bonchev–Trinajstić information content (AvgIpc) is 3.04.